The maximum atomic E-state index is 13.7. The molecule has 7 heteroatoms. The van der Waals surface area contributed by atoms with Crippen LogP contribution in [0.1, 0.15) is 28.7 Å². The highest BCUT2D eigenvalue weighted by molar-refractivity contribution is 7.98. The molecule has 0 fully saturated rings. The van der Waals surface area contributed by atoms with Crippen molar-refractivity contribution < 1.29 is 28.2 Å². The molecule has 3 aromatic rings. The zero-order valence-corrected chi connectivity index (χ0v) is 18.1. The van der Waals surface area contributed by atoms with Crippen molar-refractivity contribution >= 4 is 17.7 Å². The summed E-state index contributed by atoms with van der Waals surface area (Å²) in [7, 11) is 0. The Morgan fingerprint density at radius 1 is 0.969 bits per heavy atom. The average Bonchev–Trinajstić information content (AvgIpc) is 3.27. The van der Waals surface area contributed by atoms with Crippen LogP contribution in [0, 0.1) is 11.6 Å². The summed E-state index contributed by atoms with van der Waals surface area (Å²) in [6.45, 7) is -0.302. The van der Waals surface area contributed by atoms with E-state index in [4.69, 9.17) is 14.6 Å². The lowest BCUT2D eigenvalue weighted by atomic mass is 10.1. The molecular weight excluding hydrogens is 434 g/mol. The molecule has 0 saturated heterocycles. The van der Waals surface area contributed by atoms with E-state index in [1.807, 2.05) is 36.4 Å². The summed E-state index contributed by atoms with van der Waals surface area (Å²) in [4.78, 5) is 12.0. The van der Waals surface area contributed by atoms with E-state index in [0.717, 1.165) is 42.2 Å². The Balaban J connectivity index is 1.35. The second-order valence-corrected chi connectivity index (χ2v) is 8.53. The van der Waals surface area contributed by atoms with Gasteiger partial charge in [0.1, 0.15) is 29.7 Å². The first-order chi connectivity index (χ1) is 15.5. The van der Waals surface area contributed by atoms with Gasteiger partial charge in [-0.15, -0.1) is 11.8 Å². The largest absolute Gasteiger partial charge is 0.489 e. The van der Waals surface area contributed by atoms with E-state index in [2.05, 4.69) is 0 Å². The first kappa shape index (κ1) is 22.1. The number of aliphatic carboxylic acids is 1. The number of hydrogen-bond acceptors (Lipinski definition) is 4. The normalized spacial score (nSPS) is 12.4. The molecule has 166 valence electrons. The van der Waals surface area contributed by atoms with E-state index in [-0.39, 0.29) is 13.2 Å². The molecule has 0 saturated carbocycles. The molecule has 0 unspecified atom stereocenters. The van der Waals surface area contributed by atoms with Gasteiger partial charge in [0.05, 0.1) is 0 Å². The molecular formula is C25H22F2O4S. The van der Waals surface area contributed by atoms with Gasteiger partial charge in [0.15, 0.2) is 6.61 Å². The topological polar surface area (TPSA) is 55.8 Å². The van der Waals surface area contributed by atoms with Gasteiger partial charge in [0, 0.05) is 22.3 Å². The predicted molar refractivity (Wildman–Crippen MR) is 118 cm³/mol. The van der Waals surface area contributed by atoms with Crippen LogP contribution in [0.5, 0.6) is 11.5 Å². The molecule has 1 aliphatic carbocycles. The van der Waals surface area contributed by atoms with Crippen molar-refractivity contribution in [2.75, 3.05) is 6.61 Å². The van der Waals surface area contributed by atoms with Gasteiger partial charge in [-0.05, 0) is 72.4 Å². The zero-order valence-electron chi connectivity index (χ0n) is 17.3. The molecule has 1 aliphatic rings. The maximum absolute atomic E-state index is 13.7. The van der Waals surface area contributed by atoms with Gasteiger partial charge in [-0.25, -0.2) is 13.6 Å². The van der Waals surface area contributed by atoms with Crippen molar-refractivity contribution in [2.24, 2.45) is 0 Å². The molecule has 0 spiro atoms. The van der Waals surface area contributed by atoms with Gasteiger partial charge in [0.2, 0.25) is 0 Å². The number of hydrogen-bond donors (Lipinski definition) is 1. The summed E-state index contributed by atoms with van der Waals surface area (Å²) >= 11 is 1.73. The number of rotatable bonds is 9. The molecule has 3 aromatic carbocycles. The van der Waals surface area contributed by atoms with Gasteiger partial charge in [0.25, 0.3) is 0 Å². The summed E-state index contributed by atoms with van der Waals surface area (Å²) in [6.07, 6.45) is 2.91. The molecule has 32 heavy (non-hydrogen) atoms. The standard InChI is InChI=1S/C25H22F2O4S/c26-18-7-6-17(22(27)12-18)13-30-19-8-4-16(5-9-19)15-32-24-11-10-23(31-14-25(28)29)20-2-1-3-21(20)24/h4-12H,1-3,13-15H2,(H,28,29). The van der Waals surface area contributed by atoms with Gasteiger partial charge in [-0.1, -0.05) is 12.1 Å². The van der Waals surface area contributed by atoms with Gasteiger partial charge >= 0.3 is 5.97 Å². The van der Waals surface area contributed by atoms with E-state index in [1.54, 1.807) is 11.8 Å². The number of halogens is 2. The highest BCUT2D eigenvalue weighted by Gasteiger charge is 2.20. The fraction of sp³-hybridized carbons (Fsp3) is 0.240. The molecule has 0 bridgehead atoms. The number of ether oxygens (including phenoxy) is 2. The average molecular weight is 457 g/mol. The Labute approximate surface area is 189 Å². The second kappa shape index (κ2) is 10.0. The van der Waals surface area contributed by atoms with Crippen molar-refractivity contribution in [2.45, 2.75) is 36.5 Å². The van der Waals surface area contributed by atoms with E-state index >= 15 is 0 Å². The Morgan fingerprint density at radius 2 is 1.75 bits per heavy atom. The lowest BCUT2D eigenvalue weighted by Crippen LogP contribution is -2.10. The minimum atomic E-state index is -0.981. The number of carboxylic acids is 1. The second-order valence-electron chi connectivity index (χ2n) is 7.51. The first-order valence-electron chi connectivity index (χ1n) is 10.3. The first-order valence-corrected chi connectivity index (χ1v) is 11.3. The zero-order chi connectivity index (χ0) is 22.5. The van der Waals surface area contributed by atoms with Crippen molar-refractivity contribution in [1.29, 1.82) is 0 Å². The summed E-state index contributed by atoms with van der Waals surface area (Å²) in [5.74, 6) is -0.155. The molecule has 0 heterocycles. The Morgan fingerprint density at radius 3 is 2.50 bits per heavy atom. The third-order valence-electron chi connectivity index (χ3n) is 5.28. The smallest absolute Gasteiger partial charge is 0.341 e. The van der Waals surface area contributed by atoms with E-state index in [9.17, 15) is 13.6 Å². The minimum absolute atomic E-state index is 0.0304. The van der Waals surface area contributed by atoms with Crippen molar-refractivity contribution in [3.8, 4) is 11.5 Å². The maximum Gasteiger partial charge on any atom is 0.341 e. The summed E-state index contributed by atoms with van der Waals surface area (Å²) < 4.78 is 37.8. The molecule has 0 amide bonds. The highest BCUT2D eigenvalue weighted by atomic mass is 32.2. The van der Waals surface area contributed by atoms with E-state index < -0.39 is 17.6 Å². The number of carboxylic acid groups (broad SMARTS) is 1. The molecule has 1 N–H and O–H groups in total. The van der Waals surface area contributed by atoms with Crippen LogP contribution < -0.4 is 9.47 Å². The van der Waals surface area contributed by atoms with Crippen LogP contribution in [0.3, 0.4) is 0 Å². The van der Waals surface area contributed by atoms with Crippen LogP contribution in [0.2, 0.25) is 0 Å². The minimum Gasteiger partial charge on any atom is -0.489 e. The number of thioether (sulfide) groups is 1. The van der Waals surface area contributed by atoms with Gasteiger partial charge in [-0.3, -0.25) is 0 Å². The molecule has 0 aromatic heterocycles. The predicted octanol–water partition coefficient (Wildman–Crippen LogP) is 5.79. The van der Waals surface area contributed by atoms with Crippen molar-refractivity contribution in [3.05, 3.63) is 88.5 Å². The molecule has 0 atom stereocenters. The lowest BCUT2D eigenvalue weighted by Gasteiger charge is -2.13. The summed E-state index contributed by atoms with van der Waals surface area (Å²) in [6, 6.07) is 14.9. The molecule has 4 nitrogen and oxygen atoms in total. The number of fused-ring (bicyclic) bond motifs is 1. The molecule has 0 radical (unpaired) electrons. The van der Waals surface area contributed by atoms with Crippen molar-refractivity contribution in [3.63, 3.8) is 0 Å². The summed E-state index contributed by atoms with van der Waals surface area (Å²) in [5, 5.41) is 8.85. The quantitative estimate of drug-likeness (QED) is 0.413. The van der Waals surface area contributed by atoms with Crippen LogP contribution in [0.15, 0.2) is 59.5 Å². The van der Waals surface area contributed by atoms with Gasteiger partial charge in [-0.2, -0.15) is 0 Å². The van der Waals surface area contributed by atoms with Crippen LogP contribution in [-0.4, -0.2) is 17.7 Å². The summed E-state index contributed by atoms with van der Waals surface area (Å²) in [5.41, 5.74) is 3.79. The third-order valence-corrected chi connectivity index (χ3v) is 6.45. The van der Waals surface area contributed by atoms with Crippen LogP contribution in [0.4, 0.5) is 8.78 Å². The van der Waals surface area contributed by atoms with Crippen LogP contribution in [0.25, 0.3) is 0 Å². The van der Waals surface area contributed by atoms with E-state index in [1.165, 1.54) is 22.6 Å². The number of carbonyl (C=O) groups is 1. The third kappa shape index (κ3) is 5.40. The van der Waals surface area contributed by atoms with E-state index in [0.29, 0.717) is 17.1 Å². The lowest BCUT2D eigenvalue weighted by molar-refractivity contribution is -0.139. The highest BCUT2D eigenvalue weighted by Crippen LogP contribution is 2.38. The van der Waals surface area contributed by atoms with Crippen molar-refractivity contribution in [1.82, 2.24) is 0 Å². The number of benzene rings is 3. The SMILES string of the molecule is O=C(O)COc1ccc(SCc2ccc(OCc3ccc(F)cc3F)cc2)c2c1CCC2. The Hall–Kier alpha value is -3.06. The fourth-order valence-corrected chi connectivity index (χ4v) is 4.77. The Kier molecular flexibility index (Phi) is 6.95. The molecule has 0 aliphatic heterocycles. The monoisotopic (exact) mass is 456 g/mol. The molecule has 4 rings (SSSR count). The van der Waals surface area contributed by atoms with Crippen LogP contribution >= 0.6 is 11.8 Å². The van der Waals surface area contributed by atoms with Crippen LogP contribution in [-0.2, 0) is 30.0 Å². The van der Waals surface area contributed by atoms with Gasteiger partial charge < -0.3 is 14.6 Å². The fourth-order valence-electron chi connectivity index (χ4n) is 3.69. The Bertz CT molecular complexity index is 1120.